The van der Waals surface area contributed by atoms with E-state index in [9.17, 15) is 0 Å². The second kappa shape index (κ2) is 13.6. The SMILES string of the molecule is c1ccc(-c2ccc(N(c3ccc4c5ccccc5n(-c5ccccc5)c4c3)c3cccc4c3c3ccccc3n4-c3cccc(-c4ccccc4)c3)cc2)cc1. The molecule has 0 aliphatic rings. The van der Waals surface area contributed by atoms with E-state index in [1.807, 2.05) is 0 Å². The largest absolute Gasteiger partial charge is 0.310 e. The minimum absolute atomic E-state index is 1.09. The fourth-order valence-corrected chi connectivity index (χ4v) is 8.73. The van der Waals surface area contributed by atoms with Gasteiger partial charge in [-0.25, -0.2) is 0 Å². The van der Waals surface area contributed by atoms with Crippen molar-refractivity contribution in [3.8, 4) is 33.6 Å². The molecular weight excluding hydrogens is 691 g/mol. The second-order valence-electron chi connectivity index (χ2n) is 14.6. The topological polar surface area (TPSA) is 13.1 Å². The van der Waals surface area contributed by atoms with Crippen molar-refractivity contribution in [1.82, 2.24) is 9.13 Å². The lowest BCUT2D eigenvalue weighted by atomic mass is 10.0. The standard InChI is InChI=1S/C54H37N3/c1-4-16-38(17-5-1)40-30-32-43(33-31-40)55(45-34-35-47-46-24-10-12-26-49(46)56(53(47)37-45)42-21-8-3-9-22-42)51-28-15-29-52-54(51)48-25-11-13-27-50(48)57(52)44-23-14-20-41(36-44)39-18-6-2-7-19-39/h1-37H. The van der Waals surface area contributed by atoms with Crippen molar-refractivity contribution in [2.45, 2.75) is 0 Å². The summed E-state index contributed by atoms with van der Waals surface area (Å²) < 4.78 is 4.82. The van der Waals surface area contributed by atoms with Gasteiger partial charge in [-0.1, -0.05) is 152 Å². The molecule has 0 aliphatic carbocycles. The molecule has 3 nitrogen and oxygen atoms in total. The maximum absolute atomic E-state index is 2.45. The van der Waals surface area contributed by atoms with Crippen molar-refractivity contribution < 1.29 is 0 Å². The molecule has 0 bridgehead atoms. The molecule has 2 aromatic heterocycles. The van der Waals surface area contributed by atoms with Crippen LogP contribution in [-0.4, -0.2) is 9.13 Å². The Morgan fingerprint density at radius 3 is 1.51 bits per heavy atom. The second-order valence-corrected chi connectivity index (χ2v) is 14.6. The van der Waals surface area contributed by atoms with Crippen LogP contribution in [0.15, 0.2) is 224 Å². The van der Waals surface area contributed by atoms with Gasteiger partial charge in [-0.3, -0.25) is 0 Å². The molecular formula is C54H37N3. The molecule has 11 aromatic rings. The third-order valence-electron chi connectivity index (χ3n) is 11.3. The van der Waals surface area contributed by atoms with Gasteiger partial charge in [0.1, 0.15) is 0 Å². The van der Waals surface area contributed by atoms with E-state index < -0.39 is 0 Å². The maximum Gasteiger partial charge on any atom is 0.0562 e. The number of para-hydroxylation sites is 3. The van der Waals surface area contributed by atoms with Crippen molar-refractivity contribution in [3.05, 3.63) is 224 Å². The summed E-state index contributed by atoms with van der Waals surface area (Å²) in [6.45, 7) is 0. The number of fused-ring (bicyclic) bond motifs is 6. The van der Waals surface area contributed by atoms with E-state index >= 15 is 0 Å². The molecule has 57 heavy (non-hydrogen) atoms. The first-order valence-electron chi connectivity index (χ1n) is 19.5. The average molecular weight is 728 g/mol. The molecule has 0 radical (unpaired) electrons. The average Bonchev–Trinajstić information content (AvgIpc) is 3.81. The highest BCUT2D eigenvalue weighted by Gasteiger charge is 2.23. The maximum atomic E-state index is 2.45. The van der Waals surface area contributed by atoms with Crippen LogP contribution >= 0.6 is 0 Å². The van der Waals surface area contributed by atoms with E-state index in [1.54, 1.807) is 0 Å². The highest BCUT2D eigenvalue weighted by molar-refractivity contribution is 6.17. The lowest BCUT2D eigenvalue weighted by molar-refractivity contribution is 1.17. The summed E-state index contributed by atoms with van der Waals surface area (Å²) in [5.74, 6) is 0. The number of rotatable bonds is 7. The lowest BCUT2D eigenvalue weighted by Crippen LogP contribution is -2.10. The fourth-order valence-electron chi connectivity index (χ4n) is 8.73. The Labute approximate surface area is 331 Å². The van der Waals surface area contributed by atoms with Crippen molar-refractivity contribution in [3.63, 3.8) is 0 Å². The van der Waals surface area contributed by atoms with E-state index in [0.29, 0.717) is 0 Å². The van der Waals surface area contributed by atoms with Crippen LogP contribution < -0.4 is 4.90 Å². The molecule has 9 aromatic carbocycles. The van der Waals surface area contributed by atoms with Gasteiger partial charge in [0.15, 0.2) is 0 Å². The quantitative estimate of drug-likeness (QED) is 0.159. The molecule has 2 heterocycles. The number of hydrogen-bond acceptors (Lipinski definition) is 1. The minimum atomic E-state index is 1.09. The Morgan fingerprint density at radius 2 is 0.772 bits per heavy atom. The summed E-state index contributed by atoms with van der Waals surface area (Å²) in [6, 6.07) is 81.1. The van der Waals surface area contributed by atoms with Crippen LogP contribution in [0.3, 0.4) is 0 Å². The molecule has 0 amide bonds. The van der Waals surface area contributed by atoms with Crippen molar-refractivity contribution in [2.75, 3.05) is 4.90 Å². The molecule has 0 unspecified atom stereocenters. The Kier molecular flexibility index (Phi) is 7.82. The van der Waals surface area contributed by atoms with Gasteiger partial charge in [0.25, 0.3) is 0 Å². The molecule has 0 saturated carbocycles. The van der Waals surface area contributed by atoms with Crippen LogP contribution in [0.2, 0.25) is 0 Å². The van der Waals surface area contributed by atoms with Crippen molar-refractivity contribution in [2.24, 2.45) is 0 Å². The Morgan fingerprint density at radius 1 is 0.281 bits per heavy atom. The monoisotopic (exact) mass is 727 g/mol. The first-order chi connectivity index (χ1) is 28.3. The normalized spacial score (nSPS) is 11.5. The number of benzene rings is 9. The first kappa shape index (κ1) is 32.8. The zero-order valence-corrected chi connectivity index (χ0v) is 31.2. The highest BCUT2D eigenvalue weighted by Crippen LogP contribution is 2.45. The first-order valence-corrected chi connectivity index (χ1v) is 19.5. The molecule has 0 aliphatic heterocycles. The molecule has 11 rings (SSSR count). The molecule has 0 fully saturated rings. The molecule has 0 atom stereocenters. The number of hydrogen-bond donors (Lipinski definition) is 0. The van der Waals surface area contributed by atoms with E-state index in [2.05, 4.69) is 238 Å². The van der Waals surface area contributed by atoms with Gasteiger partial charge >= 0.3 is 0 Å². The molecule has 0 spiro atoms. The molecule has 3 heteroatoms. The summed E-state index contributed by atoms with van der Waals surface area (Å²) in [7, 11) is 0. The lowest BCUT2D eigenvalue weighted by Gasteiger charge is -2.27. The highest BCUT2D eigenvalue weighted by atomic mass is 15.2. The van der Waals surface area contributed by atoms with E-state index in [4.69, 9.17) is 0 Å². The van der Waals surface area contributed by atoms with E-state index in [0.717, 1.165) is 39.5 Å². The van der Waals surface area contributed by atoms with Crippen molar-refractivity contribution >= 4 is 60.7 Å². The predicted octanol–water partition coefficient (Wildman–Crippen LogP) is 14.7. The number of aromatic nitrogens is 2. The Balaban J connectivity index is 1.17. The fraction of sp³-hybridized carbons (Fsp3) is 0. The summed E-state index contributed by atoms with van der Waals surface area (Å²) >= 11 is 0. The Hall–Kier alpha value is -7.62. The van der Waals surface area contributed by atoms with Gasteiger partial charge in [-0.05, 0) is 95.1 Å². The van der Waals surface area contributed by atoms with Crippen LogP contribution in [0.1, 0.15) is 0 Å². The number of anilines is 3. The summed E-state index contributed by atoms with van der Waals surface area (Å²) in [5, 5.41) is 4.88. The molecule has 0 N–H and O–H groups in total. The summed E-state index contributed by atoms with van der Waals surface area (Å²) in [5.41, 5.74) is 15.0. The summed E-state index contributed by atoms with van der Waals surface area (Å²) in [4.78, 5) is 2.45. The zero-order chi connectivity index (χ0) is 37.7. The van der Waals surface area contributed by atoms with Gasteiger partial charge in [0, 0.05) is 44.3 Å². The van der Waals surface area contributed by atoms with Gasteiger partial charge in [-0.15, -0.1) is 0 Å². The number of nitrogens with zero attached hydrogens (tertiary/aromatic N) is 3. The zero-order valence-electron chi connectivity index (χ0n) is 31.2. The van der Waals surface area contributed by atoms with Gasteiger partial charge in [0.05, 0.1) is 27.8 Å². The van der Waals surface area contributed by atoms with Gasteiger partial charge in [-0.2, -0.15) is 0 Å². The van der Waals surface area contributed by atoms with E-state index in [-0.39, 0.29) is 0 Å². The van der Waals surface area contributed by atoms with Crippen molar-refractivity contribution in [1.29, 1.82) is 0 Å². The van der Waals surface area contributed by atoms with Crippen LogP contribution in [0.5, 0.6) is 0 Å². The minimum Gasteiger partial charge on any atom is -0.310 e. The molecule has 268 valence electrons. The van der Waals surface area contributed by atoms with Crippen LogP contribution in [0, 0.1) is 0 Å². The third-order valence-corrected chi connectivity index (χ3v) is 11.3. The Bertz CT molecular complexity index is 3210. The van der Waals surface area contributed by atoms with Crippen LogP contribution in [-0.2, 0) is 0 Å². The summed E-state index contributed by atoms with van der Waals surface area (Å²) in [6.07, 6.45) is 0. The van der Waals surface area contributed by atoms with Crippen LogP contribution in [0.4, 0.5) is 17.1 Å². The van der Waals surface area contributed by atoms with E-state index in [1.165, 1.54) is 54.8 Å². The smallest absolute Gasteiger partial charge is 0.0562 e. The molecule has 0 saturated heterocycles. The van der Waals surface area contributed by atoms with Gasteiger partial charge < -0.3 is 14.0 Å². The van der Waals surface area contributed by atoms with Crippen LogP contribution in [0.25, 0.3) is 77.2 Å². The predicted molar refractivity (Wildman–Crippen MR) is 241 cm³/mol. The third kappa shape index (κ3) is 5.51. The van der Waals surface area contributed by atoms with Gasteiger partial charge in [0.2, 0.25) is 0 Å².